The summed E-state index contributed by atoms with van der Waals surface area (Å²) in [6.45, 7) is 1.80. The maximum absolute atomic E-state index is 11.3. The molecular weight excluding hydrogens is 251 g/mol. The second-order valence-corrected chi connectivity index (χ2v) is 3.94. The number of ether oxygens (including phenoxy) is 1. The normalized spacial score (nSPS) is 12.0. The minimum Gasteiger partial charge on any atom is -0.479 e. The predicted molar refractivity (Wildman–Crippen MR) is 63.5 cm³/mol. The van der Waals surface area contributed by atoms with E-state index in [1.54, 1.807) is 25.1 Å². The van der Waals surface area contributed by atoms with Crippen molar-refractivity contribution in [1.82, 2.24) is 5.43 Å². The molecule has 88 valence electrons. The monoisotopic (exact) mass is 262 g/mol. The smallest absolute Gasteiger partial charge is 0.274 e. The van der Waals surface area contributed by atoms with Crippen molar-refractivity contribution in [2.24, 2.45) is 5.84 Å². The van der Waals surface area contributed by atoms with Gasteiger partial charge in [0.05, 0.1) is 5.02 Å². The van der Waals surface area contributed by atoms with E-state index in [0.29, 0.717) is 22.2 Å². The van der Waals surface area contributed by atoms with Crippen molar-refractivity contribution in [2.45, 2.75) is 19.4 Å². The minimum absolute atomic E-state index is 0.365. The molecule has 1 amide bonds. The van der Waals surface area contributed by atoms with Gasteiger partial charge in [0.25, 0.3) is 5.91 Å². The van der Waals surface area contributed by atoms with E-state index in [4.69, 9.17) is 33.8 Å². The lowest BCUT2D eigenvalue weighted by molar-refractivity contribution is -0.128. The number of benzene rings is 1. The van der Waals surface area contributed by atoms with Crippen LogP contribution in [0.2, 0.25) is 10.0 Å². The number of hydrogen-bond acceptors (Lipinski definition) is 3. The zero-order valence-corrected chi connectivity index (χ0v) is 10.2. The van der Waals surface area contributed by atoms with Gasteiger partial charge in [-0.3, -0.25) is 10.2 Å². The first-order valence-electron chi connectivity index (χ1n) is 4.70. The largest absolute Gasteiger partial charge is 0.479 e. The molecule has 1 rings (SSSR count). The molecular formula is C10H12Cl2N2O2. The Labute approximate surface area is 104 Å². The van der Waals surface area contributed by atoms with Crippen molar-refractivity contribution in [3.8, 4) is 5.75 Å². The van der Waals surface area contributed by atoms with Gasteiger partial charge in [-0.15, -0.1) is 0 Å². The molecule has 3 N–H and O–H groups in total. The van der Waals surface area contributed by atoms with Crippen molar-refractivity contribution >= 4 is 29.1 Å². The van der Waals surface area contributed by atoms with Crippen LogP contribution in [0.4, 0.5) is 0 Å². The van der Waals surface area contributed by atoms with Crippen LogP contribution < -0.4 is 16.0 Å². The lowest BCUT2D eigenvalue weighted by atomic mass is 10.2. The van der Waals surface area contributed by atoms with Crippen LogP contribution in [0.1, 0.15) is 13.3 Å². The molecule has 0 heterocycles. The van der Waals surface area contributed by atoms with Gasteiger partial charge >= 0.3 is 0 Å². The highest BCUT2D eigenvalue weighted by Crippen LogP contribution is 2.28. The molecule has 0 aliphatic rings. The lowest BCUT2D eigenvalue weighted by Gasteiger charge is -2.16. The second kappa shape index (κ2) is 5.94. The molecule has 16 heavy (non-hydrogen) atoms. The molecule has 0 radical (unpaired) electrons. The van der Waals surface area contributed by atoms with Gasteiger partial charge in [-0.25, -0.2) is 5.84 Å². The summed E-state index contributed by atoms with van der Waals surface area (Å²) >= 11 is 11.7. The molecule has 0 saturated carbocycles. The molecule has 1 atom stereocenters. The van der Waals surface area contributed by atoms with Crippen molar-refractivity contribution in [2.75, 3.05) is 0 Å². The molecule has 6 heteroatoms. The topological polar surface area (TPSA) is 64.3 Å². The SMILES string of the molecule is CC[C@H](Oc1cc(Cl)ccc1Cl)C(=O)NN. The Morgan fingerprint density at radius 3 is 2.81 bits per heavy atom. The Morgan fingerprint density at radius 2 is 2.25 bits per heavy atom. The highest BCUT2D eigenvalue weighted by atomic mass is 35.5. The van der Waals surface area contributed by atoms with Gasteiger partial charge in [0.1, 0.15) is 5.75 Å². The predicted octanol–water partition coefficient (Wildman–Crippen LogP) is 2.14. The number of rotatable bonds is 4. The first-order valence-corrected chi connectivity index (χ1v) is 5.46. The van der Waals surface area contributed by atoms with Crippen LogP contribution in [0.15, 0.2) is 18.2 Å². The van der Waals surface area contributed by atoms with Gasteiger partial charge in [0, 0.05) is 11.1 Å². The van der Waals surface area contributed by atoms with Crippen LogP contribution in [0.25, 0.3) is 0 Å². The lowest BCUT2D eigenvalue weighted by Crippen LogP contribution is -2.41. The summed E-state index contributed by atoms with van der Waals surface area (Å²) in [4.78, 5) is 11.3. The first-order chi connectivity index (χ1) is 7.58. The fourth-order valence-corrected chi connectivity index (χ4v) is 1.46. The van der Waals surface area contributed by atoms with E-state index in [1.165, 1.54) is 0 Å². The second-order valence-electron chi connectivity index (χ2n) is 3.10. The van der Waals surface area contributed by atoms with E-state index >= 15 is 0 Å². The standard InChI is InChI=1S/C10H12Cl2N2O2/c1-2-8(10(15)14-13)16-9-5-6(11)3-4-7(9)12/h3-5,8H,2,13H2,1H3,(H,14,15)/t8-/m0/s1. The molecule has 0 saturated heterocycles. The third-order valence-electron chi connectivity index (χ3n) is 1.97. The summed E-state index contributed by atoms with van der Waals surface area (Å²) in [5, 5.41) is 0.884. The average molecular weight is 263 g/mol. The Bertz CT molecular complexity index is 385. The van der Waals surface area contributed by atoms with Gasteiger partial charge in [0.2, 0.25) is 0 Å². The zero-order chi connectivity index (χ0) is 12.1. The summed E-state index contributed by atoms with van der Waals surface area (Å²) < 4.78 is 5.42. The molecule has 1 aromatic carbocycles. The fraction of sp³-hybridized carbons (Fsp3) is 0.300. The van der Waals surface area contributed by atoms with Crippen molar-refractivity contribution in [3.63, 3.8) is 0 Å². The molecule has 0 unspecified atom stereocenters. The number of halogens is 2. The molecule has 0 aliphatic heterocycles. The summed E-state index contributed by atoms with van der Waals surface area (Å²) in [6, 6.07) is 4.79. The quantitative estimate of drug-likeness (QED) is 0.497. The molecule has 1 aromatic rings. The summed E-state index contributed by atoms with van der Waals surface area (Å²) in [7, 11) is 0. The minimum atomic E-state index is -0.680. The summed E-state index contributed by atoms with van der Waals surface area (Å²) in [6.07, 6.45) is -0.202. The van der Waals surface area contributed by atoms with Crippen LogP contribution >= 0.6 is 23.2 Å². The van der Waals surface area contributed by atoms with E-state index in [9.17, 15) is 4.79 Å². The Balaban J connectivity index is 2.85. The van der Waals surface area contributed by atoms with Crippen LogP contribution in [0.3, 0.4) is 0 Å². The fourth-order valence-electron chi connectivity index (χ4n) is 1.14. The van der Waals surface area contributed by atoms with Crippen LogP contribution in [-0.2, 0) is 4.79 Å². The van der Waals surface area contributed by atoms with Gasteiger partial charge in [-0.05, 0) is 18.6 Å². The van der Waals surface area contributed by atoms with E-state index in [-0.39, 0.29) is 0 Å². The summed E-state index contributed by atoms with van der Waals surface area (Å²) in [5.41, 5.74) is 2.03. The number of amides is 1. The van der Waals surface area contributed by atoms with Gasteiger partial charge in [-0.2, -0.15) is 0 Å². The highest BCUT2D eigenvalue weighted by molar-refractivity contribution is 6.34. The van der Waals surface area contributed by atoms with Crippen LogP contribution in [-0.4, -0.2) is 12.0 Å². The van der Waals surface area contributed by atoms with E-state index < -0.39 is 12.0 Å². The Morgan fingerprint density at radius 1 is 1.56 bits per heavy atom. The number of nitrogens with one attached hydrogen (secondary N) is 1. The number of hydrazine groups is 1. The van der Waals surface area contributed by atoms with Crippen molar-refractivity contribution < 1.29 is 9.53 Å². The number of carbonyl (C=O) groups is 1. The Kier molecular flexibility index (Phi) is 4.86. The van der Waals surface area contributed by atoms with Crippen LogP contribution in [0.5, 0.6) is 5.75 Å². The van der Waals surface area contributed by atoms with E-state index in [1.807, 2.05) is 5.43 Å². The summed E-state index contributed by atoms with van der Waals surface area (Å²) in [5.74, 6) is 4.99. The molecule has 0 fully saturated rings. The first kappa shape index (κ1) is 13.1. The van der Waals surface area contributed by atoms with Gasteiger partial charge < -0.3 is 4.74 Å². The molecule has 4 nitrogen and oxygen atoms in total. The molecule has 0 aromatic heterocycles. The number of carbonyl (C=O) groups excluding carboxylic acids is 1. The zero-order valence-electron chi connectivity index (χ0n) is 8.67. The molecule has 0 bridgehead atoms. The van der Waals surface area contributed by atoms with Gasteiger partial charge in [-0.1, -0.05) is 30.1 Å². The Hall–Kier alpha value is -0.970. The third kappa shape index (κ3) is 3.27. The maximum atomic E-state index is 11.3. The maximum Gasteiger partial charge on any atom is 0.274 e. The highest BCUT2D eigenvalue weighted by Gasteiger charge is 2.18. The van der Waals surface area contributed by atoms with E-state index in [2.05, 4.69) is 0 Å². The number of nitrogens with two attached hydrogens (primary N) is 1. The van der Waals surface area contributed by atoms with Crippen molar-refractivity contribution in [3.05, 3.63) is 28.2 Å². The van der Waals surface area contributed by atoms with E-state index in [0.717, 1.165) is 0 Å². The molecule has 0 aliphatic carbocycles. The molecule has 0 spiro atoms. The van der Waals surface area contributed by atoms with Crippen LogP contribution in [0, 0.1) is 0 Å². The number of hydrogen-bond donors (Lipinski definition) is 2. The van der Waals surface area contributed by atoms with Crippen molar-refractivity contribution in [1.29, 1.82) is 0 Å². The van der Waals surface area contributed by atoms with Gasteiger partial charge in [0.15, 0.2) is 6.10 Å². The average Bonchev–Trinajstić information content (AvgIpc) is 2.29. The third-order valence-corrected chi connectivity index (χ3v) is 2.52.